The first-order valence-corrected chi connectivity index (χ1v) is 20.8. The summed E-state index contributed by atoms with van der Waals surface area (Å²) in [5.74, 6) is 0. The second-order valence-corrected chi connectivity index (χ2v) is 16.9. The first-order chi connectivity index (χ1) is 19.4. The molecule has 232 valence electrons. The van der Waals surface area contributed by atoms with Crippen LogP contribution in [0.5, 0.6) is 0 Å². The molecule has 0 aromatic rings. The predicted octanol–water partition coefficient (Wildman–Crippen LogP) is 14.5. The van der Waals surface area contributed by atoms with Gasteiger partial charge in [-0.1, -0.05) is 193 Å². The summed E-state index contributed by atoms with van der Waals surface area (Å²) >= 11 is 0. The van der Waals surface area contributed by atoms with Crippen LogP contribution in [-0.2, 0) is 0 Å². The normalized spacial score (nSPS) is 21.0. The molecule has 0 aromatic heterocycles. The first-order valence-electron chi connectivity index (χ1n) is 19.2. The van der Waals surface area contributed by atoms with E-state index in [0.29, 0.717) is 7.92 Å². The van der Waals surface area contributed by atoms with E-state index >= 15 is 0 Å². The van der Waals surface area contributed by atoms with Crippen LogP contribution in [0, 0.1) is 0 Å². The lowest BCUT2D eigenvalue weighted by Gasteiger charge is -2.43. The molecule has 2 fully saturated rings. The molecule has 0 N–H and O–H groups in total. The minimum Gasteiger partial charge on any atom is -0.100 e. The van der Waals surface area contributed by atoms with E-state index in [1.54, 1.807) is 51.1 Å². The van der Waals surface area contributed by atoms with Crippen LogP contribution in [0.4, 0.5) is 0 Å². The van der Waals surface area contributed by atoms with Gasteiger partial charge in [0.15, 0.2) is 0 Å². The van der Waals surface area contributed by atoms with Crippen LogP contribution in [0.25, 0.3) is 0 Å². The lowest BCUT2D eigenvalue weighted by atomic mass is 9.99. The highest BCUT2D eigenvalue weighted by atomic mass is 31.1. The van der Waals surface area contributed by atoms with Crippen LogP contribution < -0.4 is 0 Å². The third-order valence-electron chi connectivity index (χ3n) is 10.4. The van der Waals surface area contributed by atoms with Crippen LogP contribution in [0.2, 0.25) is 0 Å². The Bertz CT molecular complexity index is 465. The standard InChI is InChI=1S/C38H75P/c1-2-3-4-5-6-7-8-9-10-11-12-13-14-15-16-17-18-19-20-21-22-23-24-25-26-27-28-29-36-39-37-32-30-33-38(39)35-31-34-37/h37-38H,2-36H2,1H3. The third-order valence-corrected chi connectivity index (χ3v) is 14.1. The van der Waals surface area contributed by atoms with Crippen molar-refractivity contribution in [2.24, 2.45) is 0 Å². The van der Waals surface area contributed by atoms with Crippen LogP contribution in [0.1, 0.15) is 225 Å². The van der Waals surface area contributed by atoms with Crippen molar-refractivity contribution in [1.82, 2.24) is 0 Å². The molecule has 0 aromatic carbocycles. The summed E-state index contributed by atoms with van der Waals surface area (Å²) in [4.78, 5) is 0. The molecule has 2 bridgehead atoms. The van der Waals surface area contributed by atoms with E-state index in [4.69, 9.17) is 0 Å². The monoisotopic (exact) mass is 563 g/mol. The maximum atomic E-state index is 2.31. The second-order valence-electron chi connectivity index (χ2n) is 14.0. The van der Waals surface area contributed by atoms with Gasteiger partial charge in [0.1, 0.15) is 0 Å². The molecule has 2 saturated heterocycles. The topological polar surface area (TPSA) is 0 Å². The highest BCUT2D eigenvalue weighted by molar-refractivity contribution is 7.59. The molecule has 0 radical (unpaired) electrons. The number of hydrogen-bond donors (Lipinski definition) is 0. The zero-order valence-corrected chi connectivity index (χ0v) is 28.2. The molecule has 39 heavy (non-hydrogen) atoms. The third kappa shape index (κ3) is 20.1. The highest BCUT2D eigenvalue weighted by Crippen LogP contribution is 2.59. The molecule has 1 heteroatoms. The average Bonchev–Trinajstić information content (AvgIpc) is 2.94. The molecule has 2 heterocycles. The van der Waals surface area contributed by atoms with E-state index in [9.17, 15) is 0 Å². The van der Waals surface area contributed by atoms with E-state index in [1.807, 2.05) is 0 Å². The Kier molecular flexibility index (Phi) is 24.9. The lowest BCUT2D eigenvalue weighted by Crippen LogP contribution is -2.27. The fraction of sp³-hybridized carbons (Fsp3) is 1.00. The fourth-order valence-corrected chi connectivity index (χ4v) is 11.7. The number of fused-ring (bicyclic) bond motifs is 2. The Morgan fingerprint density at radius 1 is 0.333 bits per heavy atom. The first kappa shape index (κ1) is 35.6. The number of rotatable bonds is 29. The van der Waals surface area contributed by atoms with Gasteiger partial charge in [0.25, 0.3) is 0 Å². The highest BCUT2D eigenvalue weighted by Gasteiger charge is 2.34. The van der Waals surface area contributed by atoms with Gasteiger partial charge >= 0.3 is 0 Å². The minimum absolute atomic E-state index is 0.440. The van der Waals surface area contributed by atoms with E-state index in [2.05, 4.69) is 6.92 Å². The van der Waals surface area contributed by atoms with E-state index in [1.165, 1.54) is 185 Å². The van der Waals surface area contributed by atoms with E-state index in [0.717, 1.165) is 0 Å². The summed E-state index contributed by atoms with van der Waals surface area (Å²) in [5.41, 5.74) is 2.39. The zero-order valence-electron chi connectivity index (χ0n) is 27.4. The molecule has 2 aliphatic rings. The summed E-state index contributed by atoms with van der Waals surface area (Å²) in [5, 5.41) is 0. The maximum absolute atomic E-state index is 2.31. The molecule has 0 spiro atoms. The second kappa shape index (κ2) is 27.3. The van der Waals surface area contributed by atoms with Crippen molar-refractivity contribution < 1.29 is 0 Å². The van der Waals surface area contributed by atoms with Gasteiger partial charge in [0.2, 0.25) is 0 Å². The Morgan fingerprint density at radius 2 is 0.564 bits per heavy atom. The summed E-state index contributed by atoms with van der Waals surface area (Å²) in [6.45, 7) is 2.31. The predicted molar refractivity (Wildman–Crippen MR) is 182 cm³/mol. The van der Waals surface area contributed by atoms with Gasteiger partial charge in [0, 0.05) is 0 Å². The molecule has 2 aliphatic heterocycles. The van der Waals surface area contributed by atoms with Gasteiger partial charge in [-0.25, -0.2) is 0 Å². The molecule has 0 atom stereocenters. The van der Waals surface area contributed by atoms with E-state index < -0.39 is 0 Å². The zero-order chi connectivity index (χ0) is 27.5. The summed E-state index contributed by atoms with van der Waals surface area (Å²) < 4.78 is 0. The fourth-order valence-electron chi connectivity index (χ4n) is 7.76. The molecule has 0 saturated carbocycles. The van der Waals surface area contributed by atoms with Gasteiger partial charge in [-0.15, -0.1) is 7.92 Å². The number of unbranched alkanes of at least 4 members (excludes halogenated alkanes) is 27. The summed E-state index contributed by atoms with van der Waals surface area (Å²) in [6.07, 6.45) is 53.1. The van der Waals surface area contributed by atoms with Crippen LogP contribution in [0.3, 0.4) is 0 Å². The van der Waals surface area contributed by atoms with Gasteiger partial charge < -0.3 is 0 Å². The lowest BCUT2D eigenvalue weighted by molar-refractivity contribution is 0.473. The Balaban J connectivity index is 1.17. The molecule has 0 aliphatic carbocycles. The van der Waals surface area contributed by atoms with Crippen molar-refractivity contribution in [2.75, 3.05) is 6.16 Å². The number of hydrogen-bond acceptors (Lipinski definition) is 0. The smallest absolute Gasteiger partial charge is 0.0207 e. The van der Waals surface area contributed by atoms with E-state index in [-0.39, 0.29) is 0 Å². The molecule has 0 nitrogen and oxygen atoms in total. The van der Waals surface area contributed by atoms with Crippen LogP contribution >= 0.6 is 7.92 Å². The van der Waals surface area contributed by atoms with Gasteiger partial charge in [-0.05, 0) is 49.6 Å². The van der Waals surface area contributed by atoms with Crippen molar-refractivity contribution in [3.63, 3.8) is 0 Å². The van der Waals surface area contributed by atoms with Crippen LogP contribution in [0.15, 0.2) is 0 Å². The minimum atomic E-state index is 0.440. The van der Waals surface area contributed by atoms with Crippen molar-refractivity contribution in [2.45, 2.75) is 237 Å². The largest absolute Gasteiger partial charge is 0.100 e. The Labute approximate surface area is 250 Å². The Morgan fingerprint density at radius 3 is 0.821 bits per heavy atom. The molecule has 2 rings (SSSR count). The molecular formula is C38H75P. The van der Waals surface area contributed by atoms with Crippen molar-refractivity contribution in [3.05, 3.63) is 0 Å². The molecular weight excluding hydrogens is 487 g/mol. The van der Waals surface area contributed by atoms with Crippen LogP contribution in [-0.4, -0.2) is 17.5 Å². The maximum Gasteiger partial charge on any atom is -0.0207 e. The summed E-state index contributed by atoms with van der Waals surface area (Å²) in [7, 11) is 0.440. The van der Waals surface area contributed by atoms with Gasteiger partial charge in [-0.3, -0.25) is 0 Å². The average molecular weight is 563 g/mol. The molecule has 0 unspecified atom stereocenters. The van der Waals surface area contributed by atoms with Crippen molar-refractivity contribution in [1.29, 1.82) is 0 Å². The van der Waals surface area contributed by atoms with Gasteiger partial charge in [0.05, 0.1) is 0 Å². The Hall–Kier alpha value is 0.430. The molecule has 0 amide bonds. The van der Waals surface area contributed by atoms with Crippen molar-refractivity contribution in [3.8, 4) is 0 Å². The quantitative estimate of drug-likeness (QED) is 0.0628. The SMILES string of the molecule is CCCCCCCCCCCCCCCCCCCCCCCCCCCCCCP1C2CCCC1CCC2. The summed E-state index contributed by atoms with van der Waals surface area (Å²) in [6, 6.07) is 0. The van der Waals surface area contributed by atoms with Gasteiger partial charge in [-0.2, -0.15) is 0 Å². The van der Waals surface area contributed by atoms with Crippen molar-refractivity contribution >= 4 is 7.92 Å².